The van der Waals surface area contributed by atoms with Gasteiger partial charge in [-0.1, -0.05) is 12.8 Å². The number of hydrogen-bond acceptors (Lipinski definition) is 2. The molecule has 2 nitrogen and oxygen atoms in total. The Hall–Kier alpha value is -0.760. The maximum atomic E-state index is 5.24. The second kappa shape index (κ2) is 4.47. The minimum absolute atomic E-state index is 0.878. The predicted molar refractivity (Wildman–Crippen MR) is 52.4 cm³/mol. The Morgan fingerprint density at radius 2 is 2.23 bits per heavy atom. The average Bonchev–Trinajstić information content (AvgIpc) is 2.75. The van der Waals surface area contributed by atoms with Crippen molar-refractivity contribution in [1.29, 1.82) is 0 Å². The Kier molecular flexibility index (Phi) is 3.03. The quantitative estimate of drug-likeness (QED) is 0.768. The molecule has 0 bridgehead atoms. The minimum atomic E-state index is 0.878. The van der Waals surface area contributed by atoms with Crippen LogP contribution in [0.5, 0.6) is 0 Å². The van der Waals surface area contributed by atoms with Gasteiger partial charge >= 0.3 is 0 Å². The summed E-state index contributed by atoms with van der Waals surface area (Å²) in [5.41, 5.74) is 0. The van der Waals surface area contributed by atoms with E-state index in [0.29, 0.717) is 0 Å². The van der Waals surface area contributed by atoms with Gasteiger partial charge in [-0.05, 0) is 37.4 Å². The Labute approximate surface area is 79.3 Å². The SMILES string of the molecule is c1coc(CNCC2CCCC2)c1. The first-order chi connectivity index (χ1) is 6.45. The lowest BCUT2D eigenvalue weighted by Gasteiger charge is -2.08. The number of hydrogen-bond donors (Lipinski definition) is 1. The van der Waals surface area contributed by atoms with Crippen molar-refractivity contribution in [1.82, 2.24) is 5.32 Å². The van der Waals surface area contributed by atoms with Crippen LogP contribution in [0.3, 0.4) is 0 Å². The maximum Gasteiger partial charge on any atom is 0.117 e. The van der Waals surface area contributed by atoms with Crippen LogP contribution in [-0.2, 0) is 6.54 Å². The lowest BCUT2D eigenvalue weighted by atomic mass is 10.1. The van der Waals surface area contributed by atoms with Gasteiger partial charge in [-0.15, -0.1) is 0 Å². The Morgan fingerprint density at radius 3 is 2.92 bits per heavy atom. The third-order valence-corrected chi connectivity index (χ3v) is 2.79. The van der Waals surface area contributed by atoms with Crippen LogP contribution in [0.2, 0.25) is 0 Å². The van der Waals surface area contributed by atoms with Gasteiger partial charge in [0, 0.05) is 0 Å². The molecule has 0 unspecified atom stereocenters. The van der Waals surface area contributed by atoms with Gasteiger partial charge in [0.15, 0.2) is 0 Å². The van der Waals surface area contributed by atoms with Crippen molar-refractivity contribution in [2.75, 3.05) is 6.54 Å². The highest BCUT2D eigenvalue weighted by Gasteiger charge is 2.13. The van der Waals surface area contributed by atoms with Gasteiger partial charge in [0.1, 0.15) is 5.76 Å². The highest BCUT2D eigenvalue weighted by atomic mass is 16.3. The predicted octanol–water partition coefficient (Wildman–Crippen LogP) is 2.56. The van der Waals surface area contributed by atoms with Gasteiger partial charge in [0.2, 0.25) is 0 Å². The topological polar surface area (TPSA) is 25.2 Å². The fourth-order valence-corrected chi connectivity index (χ4v) is 2.03. The average molecular weight is 179 g/mol. The van der Waals surface area contributed by atoms with Crippen LogP contribution in [0.15, 0.2) is 22.8 Å². The van der Waals surface area contributed by atoms with Crippen molar-refractivity contribution >= 4 is 0 Å². The summed E-state index contributed by atoms with van der Waals surface area (Å²) in [6.07, 6.45) is 7.39. The summed E-state index contributed by atoms with van der Waals surface area (Å²) >= 11 is 0. The fourth-order valence-electron chi connectivity index (χ4n) is 2.03. The molecule has 13 heavy (non-hydrogen) atoms. The number of nitrogens with one attached hydrogen (secondary N) is 1. The van der Waals surface area contributed by atoms with Gasteiger partial charge in [-0.3, -0.25) is 0 Å². The molecule has 0 aliphatic heterocycles. The zero-order valence-corrected chi connectivity index (χ0v) is 7.96. The molecule has 1 aromatic heterocycles. The summed E-state index contributed by atoms with van der Waals surface area (Å²) in [7, 11) is 0. The molecule has 72 valence electrons. The Morgan fingerprint density at radius 1 is 1.38 bits per heavy atom. The van der Waals surface area contributed by atoms with Crippen molar-refractivity contribution < 1.29 is 4.42 Å². The van der Waals surface area contributed by atoms with Crippen LogP contribution in [-0.4, -0.2) is 6.54 Å². The molecule has 1 fully saturated rings. The smallest absolute Gasteiger partial charge is 0.117 e. The zero-order chi connectivity index (χ0) is 8.93. The van der Waals surface area contributed by atoms with E-state index in [1.807, 2.05) is 12.1 Å². The lowest BCUT2D eigenvalue weighted by molar-refractivity contribution is 0.443. The maximum absolute atomic E-state index is 5.24. The van der Waals surface area contributed by atoms with Crippen LogP contribution in [0.25, 0.3) is 0 Å². The molecular formula is C11H17NO. The molecule has 2 rings (SSSR count). The largest absolute Gasteiger partial charge is 0.468 e. The standard InChI is InChI=1S/C11H17NO/c1-2-5-10(4-1)8-12-9-11-6-3-7-13-11/h3,6-7,10,12H,1-2,4-5,8-9H2. The molecule has 1 N–H and O–H groups in total. The van der Waals surface area contributed by atoms with E-state index < -0.39 is 0 Å². The van der Waals surface area contributed by atoms with E-state index in [1.165, 1.54) is 25.7 Å². The Bertz CT molecular complexity index is 224. The zero-order valence-electron chi connectivity index (χ0n) is 7.96. The summed E-state index contributed by atoms with van der Waals surface area (Å²) in [5.74, 6) is 1.95. The summed E-state index contributed by atoms with van der Waals surface area (Å²) in [4.78, 5) is 0. The fraction of sp³-hybridized carbons (Fsp3) is 0.636. The molecule has 0 aromatic carbocycles. The van der Waals surface area contributed by atoms with Gasteiger partial charge in [0.25, 0.3) is 0 Å². The minimum Gasteiger partial charge on any atom is -0.468 e. The molecule has 1 aliphatic carbocycles. The summed E-state index contributed by atoms with van der Waals surface area (Å²) < 4.78 is 5.24. The summed E-state index contributed by atoms with van der Waals surface area (Å²) in [6.45, 7) is 2.03. The second-order valence-electron chi connectivity index (χ2n) is 3.86. The van der Waals surface area contributed by atoms with E-state index in [-0.39, 0.29) is 0 Å². The lowest BCUT2D eigenvalue weighted by Crippen LogP contribution is -2.20. The van der Waals surface area contributed by atoms with Gasteiger partial charge in [-0.25, -0.2) is 0 Å². The van der Waals surface area contributed by atoms with E-state index in [0.717, 1.165) is 24.8 Å². The van der Waals surface area contributed by atoms with Crippen molar-refractivity contribution in [2.45, 2.75) is 32.2 Å². The van der Waals surface area contributed by atoms with E-state index in [4.69, 9.17) is 4.42 Å². The van der Waals surface area contributed by atoms with Gasteiger partial charge in [-0.2, -0.15) is 0 Å². The molecule has 1 aromatic rings. The molecule has 1 heterocycles. The van der Waals surface area contributed by atoms with Crippen LogP contribution in [0.4, 0.5) is 0 Å². The van der Waals surface area contributed by atoms with Crippen molar-refractivity contribution in [2.24, 2.45) is 5.92 Å². The first-order valence-corrected chi connectivity index (χ1v) is 5.18. The molecule has 0 radical (unpaired) electrons. The van der Waals surface area contributed by atoms with Gasteiger partial charge < -0.3 is 9.73 Å². The highest BCUT2D eigenvalue weighted by Crippen LogP contribution is 2.23. The monoisotopic (exact) mass is 179 g/mol. The number of furan rings is 1. The van der Waals surface area contributed by atoms with Gasteiger partial charge in [0.05, 0.1) is 12.8 Å². The molecule has 0 amide bonds. The molecule has 2 heteroatoms. The Balaban J connectivity index is 1.63. The first kappa shape index (κ1) is 8.82. The number of rotatable bonds is 4. The molecule has 0 saturated heterocycles. The van der Waals surface area contributed by atoms with E-state index in [9.17, 15) is 0 Å². The van der Waals surface area contributed by atoms with Crippen molar-refractivity contribution in [3.63, 3.8) is 0 Å². The molecule has 0 spiro atoms. The van der Waals surface area contributed by atoms with Crippen LogP contribution in [0.1, 0.15) is 31.4 Å². The molecule has 1 aliphatic rings. The normalized spacial score (nSPS) is 18.2. The first-order valence-electron chi connectivity index (χ1n) is 5.18. The molecule has 1 saturated carbocycles. The molecule has 0 atom stereocenters. The van der Waals surface area contributed by atoms with Crippen LogP contribution in [0, 0.1) is 5.92 Å². The van der Waals surface area contributed by atoms with E-state index >= 15 is 0 Å². The van der Waals surface area contributed by atoms with Crippen LogP contribution < -0.4 is 5.32 Å². The highest BCUT2D eigenvalue weighted by molar-refractivity contribution is 4.97. The van der Waals surface area contributed by atoms with E-state index in [1.54, 1.807) is 6.26 Å². The third-order valence-electron chi connectivity index (χ3n) is 2.79. The van der Waals surface area contributed by atoms with Crippen molar-refractivity contribution in [3.05, 3.63) is 24.2 Å². The molecular weight excluding hydrogens is 162 g/mol. The third kappa shape index (κ3) is 2.59. The second-order valence-corrected chi connectivity index (χ2v) is 3.86. The summed E-state index contributed by atoms with van der Waals surface area (Å²) in [5, 5.41) is 3.44. The van der Waals surface area contributed by atoms with Crippen LogP contribution >= 0.6 is 0 Å². The summed E-state index contributed by atoms with van der Waals surface area (Å²) in [6, 6.07) is 3.95. The van der Waals surface area contributed by atoms with Crippen molar-refractivity contribution in [3.8, 4) is 0 Å². The van der Waals surface area contributed by atoms with E-state index in [2.05, 4.69) is 5.32 Å².